The molecule has 0 spiro atoms. The highest BCUT2D eigenvalue weighted by Crippen LogP contribution is 2.23. The number of rotatable bonds is 7. The van der Waals surface area contributed by atoms with E-state index in [1.165, 1.54) is 24.5 Å². The molecule has 0 unspecified atom stereocenters. The van der Waals surface area contributed by atoms with Crippen molar-refractivity contribution in [2.24, 2.45) is 0 Å². The molecule has 0 atom stereocenters. The Morgan fingerprint density at radius 1 is 1.15 bits per heavy atom. The van der Waals surface area contributed by atoms with Crippen LogP contribution in [0.3, 0.4) is 0 Å². The fraction of sp³-hybridized carbons (Fsp3) is 0.316. The van der Waals surface area contributed by atoms with E-state index in [9.17, 15) is 13.2 Å². The topological polar surface area (TPSA) is 102 Å². The Morgan fingerprint density at radius 2 is 1.85 bits per heavy atom. The summed E-state index contributed by atoms with van der Waals surface area (Å²) >= 11 is 0. The summed E-state index contributed by atoms with van der Waals surface area (Å²) in [7, 11) is -0.712. The summed E-state index contributed by atoms with van der Waals surface area (Å²) in [5.41, 5.74) is 8.48. The predicted molar refractivity (Wildman–Crippen MR) is 106 cm³/mol. The van der Waals surface area contributed by atoms with Gasteiger partial charge in [0.05, 0.1) is 12.0 Å². The highest BCUT2D eigenvalue weighted by Gasteiger charge is 2.23. The Bertz CT molecular complexity index is 942. The molecule has 0 fully saturated rings. The van der Waals surface area contributed by atoms with Gasteiger partial charge in [0.2, 0.25) is 15.9 Å². The summed E-state index contributed by atoms with van der Waals surface area (Å²) in [6.45, 7) is 3.62. The molecule has 27 heavy (non-hydrogen) atoms. The number of hydrogen-bond donors (Lipinski definition) is 2. The SMILES string of the molecule is COc1ccc(S(=O)(=O)N(C)CCC(=O)Nc2ccc(N)c(C)c2)c(C)c1. The van der Waals surface area contributed by atoms with E-state index in [2.05, 4.69) is 5.32 Å². The summed E-state index contributed by atoms with van der Waals surface area (Å²) < 4.78 is 31.8. The van der Waals surface area contributed by atoms with Crippen molar-refractivity contribution in [3.05, 3.63) is 47.5 Å². The lowest BCUT2D eigenvalue weighted by molar-refractivity contribution is -0.116. The summed E-state index contributed by atoms with van der Waals surface area (Å²) in [5, 5.41) is 2.75. The molecule has 2 aromatic carbocycles. The first-order chi connectivity index (χ1) is 12.6. The van der Waals surface area contributed by atoms with Gasteiger partial charge in [0, 0.05) is 31.4 Å². The van der Waals surface area contributed by atoms with E-state index in [0.29, 0.717) is 22.7 Å². The van der Waals surface area contributed by atoms with Crippen LogP contribution in [0.15, 0.2) is 41.3 Å². The second-order valence-corrected chi connectivity index (χ2v) is 8.34. The first-order valence-corrected chi connectivity index (χ1v) is 9.86. The normalized spacial score (nSPS) is 11.4. The quantitative estimate of drug-likeness (QED) is 0.706. The average Bonchev–Trinajstić information content (AvgIpc) is 2.62. The lowest BCUT2D eigenvalue weighted by Gasteiger charge is -2.18. The minimum Gasteiger partial charge on any atom is -0.497 e. The van der Waals surface area contributed by atoms with E-state index in [4.69, 9.17) is 10.5 Å². The van der Waals surface area contributed by atoms with Crippen LogP contribution in [-0.2, 0) is 14.8 Å². The first kappa shape index (κ1) is 20.7. The molecule has 2 rings (SSSR count). The summed E-state index contributed by atoms with van der Waals surface area (Å²) in [5.74, 6) is 0.319. The van der Waals surface area contributed by atoms with Crippen molar-refractivity contribution in [3.8, 4) is 5.75 Å². The van der Waals surface area contributed by atoms with E-state index < -0.39 is 10.0 Å². The zero-order valence-corrected chi connectivity index (χ0v) is 16.8. The van der Waals surface area contributed by atoms with Crippen LogP contribution in [0, 0.1) is 13.8 Å². The number of anilines is 2. The Balaban J connectivity index is 2.02. The predicted octanol–water partition coefficient (Wildman–Crippen LogP) is 2.54. The monoisotopic (exact) mass is 391 g/mol. The van der Waals surface area contributed by atoms with Crippen LogP contribution in [-0.4, -0.2) is 39.3 Å². The van der Waals surface area contributed by atoms with Crippen molar-refractivity contribution >= 4 is 27.3 Å². The van der Waals surface area contributed by atoms with Gasteiger partial charge in [-0.2, -0.15) is 0 Å². The lowest BCUT2D eigenvalue weighted by atomic mass is 10.2. The molecule has 0 radical (unpaired) electrons. The maximum absolute atomic E-state index is 12.7. The van der Waals surface area contributed by atoms with Crippen molar-refractivity contribution < 1.29 is 17.9 Å². The van der Waals surface area contributed by atoms with E-state index >= 15 is 0 Å². The summed E-state index contributed by atoms with van der Waals surface area (Å²) in [4.78, 5) is 12.3. The average molecular weight is 391 g/mol. The molecule has 7 nitrogen and oxygen atoms in total. The second-order valence-electron chi connectivity index (χ2n) is 6.33. The third-order valence-corrected chi connectivity index (χ3v) is 6.29. The maximum atomic E-state index is 12.7. The number of nitrogens with one attached hydrogen (secondary N) is 1. The Morgan fingerprint density at radius 3 is 2.44 bits per heavy atom. The zero-order chi connectivity index (χ0) is 20.2. The second kappa shape index (κ2) is 8.41. The molecule has 0 saturated heterocycles. The van der Waals surface area contributed by atoms with Gasteiger partial charge in [-0.05, 0) is 61.4 Å². The van der Waals surface area contributed by atoms with Gasteiger partial charge >= 0.3 is 0 Å². The molecule has 0 bridgehead atoms. The van der Waals surface area contributed by atoms with Gasteiger partial charge in [-0.25, -0.2) is 12.7 Å². The van der Waals surface area contributed by atoms with Crippen LogP contribution in [0.1, 0.15) is 17.5 Å². The van der Waals surface area contributed by atoms with Crippen molar-refractivity contribution in [1.82, 2.24) is 4.31 Å². The number of sulfonamides is 1. The van der Waals surface area contributed by atoms with Crippen molar-refractivity contribution in [2.75, 3.05) is 31.8 Å². The van der Waals surface area contributed by atoms with Gasteiger partial charge in [-0.15, -0.1) is 0 Å². The number of carbonyl (C=O) groups excluding carboxylic acids is 1. The lowest BCUT2D eigenvalue weighted by Crippen LogP contribution is -2.30. The van der Waals surface area contributed by atoms with Gasteiger partial charge in [-0.1, -0.05) is 0 Å². The Labute approximate surface area is 160 Å². The first-order valence-electron chi connectivity index (χ1n) is 8.42. The third-order valence-electron chi connectivity index (χ3n) is 4.28. The van der Waals surface area contributed by atoms with Crippen LogP contribution < -0.4 is 15.8 Å². The summed E-state index contributed by atoms with van der Waals surface area (Å²) in [6.07, 6.45) is 0.0361. The number of carbonyl (C=O) groups is 1. The number of hydrogen-bond acceptors (Lipinski definition) is 5. The van der Waals surface area contributed by atoms with Crippen LogP contribution in [0.5, 0.6) is 5.75 Å². The van der Waals surface area contributed by atoms with E-state index in [-0.39, 0.29) is 23.8 Å². The third kappa shape index (κ3) is 4.99. The van der Waals surface area contributed by atoms with Crippen molar-refractivity contribution in [1.29, 1.82) is 0 Å². The number of benzene rings is 2. The van der Waals surface area contributed by atoms with Gasteiger partial charge in [0.1, 0.15) is 5.75 Å². The highest BCUT2D eigenvalue weighted by atomic mass is 32.2. The van der Waals surface area contributed by atoms with Crippen LogP contribution in [0.25, 0.3) is 0 Å². The van der Waals surface area contributed by atoms with E-state index in [1.807, 2.05) is 6.92 Å². The molecule has 0 heterocycles. The molecule has 0 aliphatic heterocycles. The number of nitrogens with two attached hydrogens (primary N) is 1. The molecule has 8 heteroatoms. The maximum Gasteiger partial charge on any atom is 0.243 e. The molecule has 1 amide bonds. The van der Waals surface area contributed by atoms with Crippen LogP contribution >= 0.6 is 0 Å². The van der Waals surface area contributed by atoms with Gasteiger partial charge in [-0.3, -0.25) is 4.79 Å². The fourth-order valence-corrected chi connectivity index (χ4v) is 3.94. The largest absolute Gasteiger partial charge is 0.497 e. The fourth-order valence-electron chi connectivity index (χ4n) is 2.56. The van der Waals surface area contributed by atoms with E-state index in [1.54, 1.807) is 37.3 Å². The van der Waals surface area contributed by atoms with Crippen molar-refractivity contribution in [2.45, 2.75) is 25.2 Å². The van der Waals surface area contributed by atoms with Gasteiger partial charge in [0.15, 0.2) is 0 Å². The number of ether oxygens (including phenoxy) is 1. The zero-order valence-electron chi connectivity index (χ0n) is 15.9. The number of nitrogen functional groups attached to an aromatic ring is 1. The molecular weight excluding hydrogens is 366 g/mol. The number of methoxy groups -OCH3 is 1. The molecular formula is C19H25N3O4S. The Kier molecular flexibility index (Phi) is 6.45. The van der Waals surface area contributed by atoms with Crippen LogP contribution in [0.4, 0.5) is 11.4 Å². The molecule has 3 N–H and O–H groups in total. The molecule has 0 aliphatic rings. The van der Waals surface area contributed by atoms with Gasteiger partial charge in [0.25, 0.3) is 0 Å². The molecule has 2 aromatic rings. The van der Waals surface area contributed by atoms with E-state index in [0.717, 1.165) is 5.56 Å². The molecule has 0 aromatic heterocycles. The number of aryl methyl sites for hydroxylation is 2. The molecule has 0 saturated carbocycles. The smallest absolute Gasteiger partial charge is 0.243 e. The standard InChI is InChI=1S/C19H25N3O4S/c1-13-11-15(5-7-17(13)20)21-19(23)9-10-22(3)27(24,25)18-8-6-16(26-4)12-14(18)2/h5-8,11-12H,9-10,20H2,1-4H3,(H,21,23). The number of nitrogens with zero attached hydrogens (tertiary/aromatic N) is 1. The van der Waals surface area contributed by atoms with Crippen LogP contribution in [0.2, 0.25) is 0 Å². The minimum atomic E-state index is -3.69. The molecule has 146 valence electrons. The number of amides is 1. The van der Waals surface area contributed by atoms with Crippen molar-refractivity contribution in [3.63, 3.8) is 0 Å². The van der Waals surface area contributed by atoms with Gasteiger partial charge < -0.3 is 15.8 Å². The molecule has 0 aliphatic carbocycles. The Hall–Kier alpha value is -2.58. The minimum absolute atomic E-state index is 0.0361. The summed E-state index contributed by atoms with van der Waals surface area (Å²) in [6, 6.07) is 9.97. The highest BCUT2D eigenvalue weighted by molar-refractivity contribution is 7.89.